The van der Waals surface area contributed by atoms with E-state index in [9.17, 15) is 9.59 Å². The van der Waals surface area contributed by atoms with Crippen LogP contribution < -0.4 is 5.32 Å². The SMILES string of the molecule is C1COCCN1.CC(=O)c1ccc(-c2cc(-c3c(-c4ccn(C5CC5)n4)nc4n3CCC4)ccn2)cc1.O=C(c1ccc(-c2cc(-c3c(-c4ccn(C5CC5)n4)nc4n3CCC4)ccn2)cc1)N1CCOCC1.c1ccccc1. The fraction of sp³-hybridized carbons (Fsp3) is 0.333. The second kappa shape index (κ2) is 23.8. The summed E-state index contributed by atoms with van der Waals surface area (Å²) in [5, 5.41) is 12.9. The number of benzene rings is 3. The maximum absolute atomic E-state index is 12.8. The van der Waals surface area contributed by atoms with Gasteiger partial charge in [0.15, 0.2) is 5.78 Å². The van der Waals surface area contributed by atoms with Gasteiger partial charge in [-0.15, -0.1) is 0 Å². The van der Waals surface area contributed by atoms with E-state index in [1.54, 1.807) is 6.92 Å². The van der Waals surface area contributed by atoms with Crippen LogP contribution in [-0.2, 0) is 35.4 Å². The lowest BCUT2D eigenvalue weighted by Crippen LogP contribution is -2.40. The molecule has 10 heterocycles. The van der Waals surface area contributed by atoms with E-state index in [0.717, 1.165) is 145 Å². The molecular formula is C63H66N12O4. The third-order valence-corrected chi connectivity index (χ3v) is 15.1. The Morgan fingerprint density at radius 1 is 0.519 bits per heavy atom. The van der Waals surface area contributed by atoms with Gasteiger partial charge in [-0.25, -0.2) is 9.97 Å². The predicted octanol–water partition coefficient (Wildman–Crippen LogP) is 10.5. The predicted molar refractivity (Wildman–Crippen MR) is 304 cm³/mol. The quantitative estimate of drug-likeness (QED) is 0.130. The Kier molecular flexibility index (Phi) is 15.6. The average Bonchev–Trinajstić information content (AvgIpc) is 4.18. The van der Waals surface area contributed by atoms with Gasteiger partial charge in [0.1, 0.15) is 34.4 Å². The topological polar surface area (TPSA) is 165 Å². The van der Waals surface area contributed by atoms with Gasteiger partial charge in [-0.1, -0.05) is 72.8 Å². The van der Waals surface area contributed by atoms with Crippen LogP contribution in [0.25, 0.3) is 67.8 Å². The Bertz CT molecular complexity index is 3490. The van der Waals surface area contributed by atoms with Crippen LogP contribution >= 0.6 is 0 Å². The normalized spacial score (nSPS) is 16.3. The Morgan fingerprint density at radius 3 is 1.39 bits per heavy atom. The molecule has 9 aromatic rings. The van der Waals surface area contributed by atoms with Crippen molar-refractivity contribution in [2.24, 2.45) is 0 Å². The van der Waals surface area contributed by atoms with Gasteiger partial charge in [0.25, 0.3) is 5.91 Å². The zero-order valence-corrected chi connectivity index (χ0v) is 44.8. The molecule has 0 unspecified atom stereocenters. The van der Waals surface area contributed by atoms with Crippen LogP contribution in [-0.4, -0.2) is 118 Å². The molecule has 0 radical (unpaired) electrons. The van der Waals surface area contributed by atoms with E-state index in [4.69, 9.17) is 29.6 Å². The highest BCUT2D eigenvalue weighted by molar-refractivity contribution is 5.95. The molecule has 16 heteroatoms. The molecule has 402 valence electrons. The second-order valence-electron chi connectivity index (χ2n) is 20.8. The zero-order chi connectivity index (χ0) is 53.5. The summed E-state index contributed by atoms with van der Waals surface area (Å²) >= 11 is 0. The zero-order valence-electron chi connectivity index (χ0n) is 44.8. The summed E-state index contributed by atoms with van der Waals surface area (Å²) in [5.74, 6) is 2.38. The number of carbonyl (C=O) groups is 2. The molecule has 16 nitrogen and oxygen atoms in total. The van der Waals surface area contributed by atoms with Gasteiger partial charge in [0.2, 0.25) is 0 Å². The van der Waals surface area contributed by atoms with Crippen molar-refractivity contribution >= 4 is 11.7 Å². The molecule has 6 aromatic heterocycles. The van der Waals surface area contributed by atoms with E-state index in [0.29, 0.717) is 49.5 Å². The number of ketones is 1. The number of morpholine rings is 2. The first-order valence-corrected chi connectivity index (χ1v) is 28.0. The van der Waals surface area contributed by atoms with Gasteiger partial charge in [-0.05, 0) is 94.0 Å². The minimum absolute atomic E-state index is 0.0525. The number of rotatable bonds is 10. The number of nitrogens with zero attached hydrogens (tertiary/aromatic N) is 11. The molecule has 0 bridgehead atoms. The second-order valence-corrected chi connectivity index (χ2v) is 20.8. The van der Waals surface area contributed by atoms with E-state index in [1.807, 2.05) is 102 Å². The molecule has 3 aromatic carbocycles. The Morgan fingerprint density at radius 2 is 0.975 bits per heavy atom. The van der Waals surface area contributed by atoms with Gasteiger partial charge in [0.05, 0.1) is 61.3 Å². The van der Waals surface area contributed by atoms with E-state index >= 15 is 0 Å². The molecular weight excluding hydrogens is 989 g/mol. The van der Waals surface area contributed by atoms with Gasteiger partial charge in [0, 0.05) is 110 Å². The summed E-state index contributed by atoms with van der Waals surface area (Å²) in [6.07, 6.45) is 16.9. The number of aromatic nitrogens is 10. The number of fused-ring (bicyclic) bond motifs is 2. The average molecular weight is 1060 g/mol. The van der Waals surface area contributed by atoms with Crippen LogP contribution in [0.1, 0.15) is 89.9 Å². The highest BCUT2D eigenvalue weighted by Crippen LogP contribution is 2.41. The molecule has 1 amide bonds. The van der Waals surface area contributed by atoms with Crippen molar-refractivity contribution in [3.05, 3.63) is 169 Å². The van der Waals surface area contributed by atoms with Crippen molar-refractivity contribution in [1.82, 2.24) is 58.8 Å². The molecule has 1 N–H and O–H groups in total. The summed E-state index contributed by atoms with van der Waals surface area (Å²) in [6.45, 7) is 9.84. The molecule has 79 heavy (non-hydrogen) atoms. The highest BCUT2D eigenvalue weighted by Gasteiger charge is 2.30. The Balaban J connectivity index is 0.000000131. The minimum atomic E-state index is 0.0525. The third kappa shape index (κ3) is 12.0. The first kappa shape index (κ1) is 51.6. The number of hydrogen-bond donors (Lipinski definition) is 1. The van der Waals surface area contributed by atoms with Crippen LogP contribution in [0, 0.1) is 0 Å². The number of carbonyl (C=O) groups excluding carboxylic acids is 2. The lowest BCUT2D eigenvalue weighted by Gasteiger charge is -2.26. The van der Waals surface area contributed by atoms with Crippen LogP contribution in [0.15, 0.2) is 146 Å². The van der Waals surface area contributed by atoms with Crippen molar-refractivity contribution in [2.45, 2.75) is 83.5 Å². The standard InChI is InChI=1S/C28H28N6O2.C25H23N5O.C6H6.C4H9NO/c35-28(32-14-16-36-17-15-32)20-5-3-19(4-6-20)24-18-21(9-11-29-24)27-26(30-25-2-1-12-33(25)27)23-10-13-34(31-23)22-7-8-22;1-16(31)17-4-6-18(7-5-17)22-15-19(10-12-26-22)25-24(27-23-3-2-13-29(23)25)21-11-14-30(28-21)20-8-9-20;1-2-4-6-5-3-1;1-3-6-4-2-5-1/h3-6,9-11,13,18,22H,1-2,7-8,12,14-17H2;4-7,10-12,14-15,20H,2-3,8-9,13H2,1H3;1-6H;5H,1-4H2. The number of Topliss-reactive ketones (excluding diaryl/α,β-unsaturated/α-hetero) is 1. The number of pyridine rings is 2. The molecule has 2 saturated carbocycles. The number of hydrogen-bond acceptors (Lipinski definition) is 11. The molecule has 4 fully saturated rings. The van der Waals surface area contributed by atoms with Crippen molar-refractivity contribution < 1.29 is 19.1 Å². The third-order valence-electron chi connectivity index (χ3n) is 15.1. The van der Waals surface area contributed by atoms with Crippen molar-refractivity contribution in [3.63, 3.8) is 0 Å². The lowest BCUT2D eigenvalue weighted by atomic mass is 10.0. The molecule has 0 spiro atoms. The van der Waals surface area contributed by atoms with Gasteiger partial charge in [-0.2, -0.15) is 10.2 Å². The molecule has 4 aliphatic heterocycles. The minimum Gasteiger partial charge on any atom is -0.379 e. The summed E-state index contributed by atoms with van der Waals surface area (Å²) < 4.78 is 19.2. The lowest BCUT2D eigenvalue weighted by molar-refractivity contribution is 0.0303. The van der Waals surface area contributed by atoms with Gasteiger partial charge < -0.3 is 28.8 Å². The van der Waals surface area contributed by atoms with Gasteiger partial charge >= 0.3 is 0 Å². The Labute approximate surface area is 460 Å². The first-order valence-electron chi connectivity index (χ1n) is 28.0. The smallest absolute Gasteiger partial charge is 0.254 e. The maximum atomic E-state index is 12.8. The van der Waals surface area contributed by atoms with Crippen LogP contribution in [0.2, 0.25) is 0 Å². The van der Waals surface area contributed by atoms with Crippen LogP contribution in [0.3, 0.4) is 0 Å². The fourth-order valence-electron chi connectivity index (χ4n) is 10.6. The summed E-state index contributed by atoms with van der Waals surface area (Å²) in [4.78, 5) is 45.5. The maximum Gasteiger partial charge on any atom is 0.254 e. The van der Waals surface area contributed by atoms with E-state index in [2.05, 4.69) is 82.6 Å². The summed E-state index contributed by atoms with van der Waals surface area (Å²) in [5.41, 5.74) is 13.3. The van der Waals surface area contributed by atoms with Crippen molar-refractivity contribution in [3.8, 4) is 67.8 Å². The molecule has 2 aliphatic carbocycles. The number of ether oxygens (including phenoxy) is 2. The van der Waals surface area contributed by atoms with E-state index < -0.39 is 0 Å². The van der Waals surface area contributed by atoms with Crippen LogP contribution in [0.5, 0.6) is 0 Å². The van der Waals surface area contributed by atoms with Crippen molar-refractivity contribution in [1.29, 1.82) is 0 Å². The molecule has 0 atom stereocenters. The largest absolute Gasteiger partial charge is 0.379 e. The van der Waals surface area contributed by atoms with Crippen LogP contribution in [0.4, 0.5) is 0 Å². The summed E-state index contributed by atoms with van der Waals surface area (Å²) in [7, 11) is 0. The molecule has 15 rings (SSSR count). The first-order chi connectivity index (χ1) is 38.9. The number of imidazole rings is 2. The Hall–Kier alpha value is -8.18. The fourth-order valence-corrected chi connectivity index (χ4v) is 10.6. The number of aryl methyl sites for hydroxylation is 2. The number of nitrogens with one attached hydrogen (secondary N) is 1. The van der Waals surface area contributed by atoms with E-state index in [-0.39, 0.29) is 11.7 Å². The number of amides is 1. The monoisotopic (exact) mass is 1050 g/mol. The van der Waals surface area contributed by atoms with E-state index in [1.165, 1.54) is 25.7 Å². The summed E-state index contributed by atoms with van der Waals surface area (Å²) in [6, 6.07) is 41.0. The molecule has 6 aliphatic rings. The van der Waals surface area contributed by atoms with Crippen molar-refractivity contribution in [2.75, 3.05) is 52.6 Å². The highest BCUT2D eigenvalue weighted by atomic mass is 16.5. The molecule has 2 saturated heterocycles. The van der Waals surface area contributed by atoms with Gasteiger partial charge in [-0.3, -0.25) is 28.9 Å².